The van der Waals surface area contributed by atoms with Crippen LogP contribution in [0.25, 0.3) is 0 Å². The van der Waals surface area contributed by atoms with Crippen LogP contribution in [0.15, 0.2) is 0 Å². The molecule has 0 spiro atoms. The van der Waals surface area contributed by atoms with E-state index in [1.165, 1.54) is 31.6 Å². The molecule has 1 aliphatic carbocycles. The molecule has 16 heavy (non-hydrogen) atoms. The zero-order valence-corrected chi connectivity index (χ0v) is 11.1. The Kier molecular flexibility index (Phi) is 5.42. The maximum absolute atomic E-state index is 5.58. The molecular formula is C12H24N2OS. The summed E-state index contributed by atoms with van der Waals surface area (Å²) in [5.41, 5.74) is 0. The van der Waals surface area contributed by atoms with Gasteiger partial charge in [0.05, 0.1) is 13.2 Å². The van der Waals surface area contributed by atoms with Gasteiger partial charge in [-0.2, -0.15) is 11.8 Å². The van der Waals surface area contributed by atoms with Crippen LogP contribution in [0.1, 0.15) is 19.3 Å². The first-order chi connectivity index (χ1) is 7.90. The summed E-state index contributed by atoms with van der Waals surface area (Å²) < 4.78 is 5.58. The maximum atomic E-state index is 5.58. The van der Waals surface area contributed by atoms with Crippen LogP contribution >= 0.6 is 11.8 Å². The summed E-state index contributed by atoms with van der Waals surface area (Å²) >= 11 is 1.95. The molecule has 2 fully saturated rings. The van der Waals surface area contributed by atoms with Gasteiger partial charge >= 0.3 is 0 Å². The summed E-state index contributed by atoms with van der Waals surface area (Å²) in [4.78, 5) is 2.61. The van der Waals surface area contributed by atoms with E-state index in [1.54, 1.807) is 0 Å². The van der Waals surface area contributed by atoms with Gasteiger partial charge in [0, 0.05) is 25.2 Å². The summed E-state index contributed by atoms with van der Waals surface area (Å²) in [6.07, 6.45) is 6.24. The van der Waals surface area contributed by atoms with E-state index in [4.69, 9.17) is 4.74 Å². The van der Waals surface area contributed by atoms with Gasteiger partial charge in [-0.25, -0.2) is 0 Å². The average molecular weight is 244 g/mol. The fourth-order valence-corrected chi connectivity index (χ4v) is 2.59. The van der Waals surface area contributed by atoms with Crippen LogP contribution in [0.3, 0.4) is 0 Å². The zero-order valence-electron chi connectivity index (χ0n) is 10.3. The molecule has 2 aliphatic rings. The monoisotopic (exact) mass is 244 g/mol. The standard InChI is InChI=1S/C12H24N2OS/c1-16-8-2-5-14-6-7-15-10-12(14)9-13-11-3-4-11/h11-13H,2-10H2,1H3. The molecule has 1 unspecified atom stereocenters. The lowest BCUT2D eigenvalue weighted by molar-refractivity contribution is -0.00660. The van der Waals surface area contributed by atoms with Crippen molar-refractivity contribution >= 4 is 11.8 Å². The van der Waals surface area contributed by atoms with E-state index in [0.29, 0.717) is 6.04 Å². The molecule has 0 aromatic rings. The third-order valence-corrected chi connectivity index (χ3v) is 4.06. The van der Waals surface area contributed by atoms with Gasteiger partial charge in [-0.1, -0.05) is 0 Å². The minimum absolute atomic E-state index is 0.608. The molecule has 0 aromatic heterocycles. The quantitative estimate of drug-likeness (QED) is 0.680. The van der Waals surface area contributed by atoms with Crippen LogP contribution in [0.2, 0.25) is 0 Å². The number of hydrogen-bond donors (Lipinski definition) is 1. The summed E-state index contributed by atoms with van der Waals surface area (Å²) in [5.74, 6) is 1.28. The van der Waals surface area contributed by atoms with E-state index >= 15 is 0 Å². The highest BCUT2D eigenvalue weighted by atomic mass is 32.2. The highest BCUT2D eigenvalue weighted by Gasteiger charge is 2.26. The van der Waals surface area contributed by atoms with Crippen LogP contribution in [-0.4, -0.2) is 61.8 Å². The van der Waals surface area contributed by atoms with Crippen LogP contribution in [0, 0.1) is 0 Å². The fourth-order valence-electron chi connectivity index (χ4n) is 2.17. The molecule has 1 saturated carbocycles. The molecule has 0 radical (unpaired) electrons. The van der Waals surface area contributed by atoms with E-state index in [1.807, 2.05) is 11.8 Å². The molecule has 0 aromatic carbocycles. The van der Waals surface area contributed by atoms with Gasteiger partial charge in [0.1, 0.15) is 0 Å². The van der Waals surface area contributed by atoms with Gasteiger partial charge in [-0.15, -0.1) is 0 Å². The largest absolute Gasteiger partial charge is 0.378 e. The van der Waals surface area contributed by atoms with Crippen LogP contribution in [0.5, 0.6) is 0 Å². The van der Waals surface area contributed by atoms with Gasteiger partial charge in [0.2, 0.25) is 0 Å². The van der Waals surface area contributed by atoms with Gasteiger partial charge in [0.25, 0.3) is 0 Å². The Morgan fingerprint density at radius 1 is 1.44 bits per heavy atom. The second-order valence-electron chi connectivity index (χ2n) is 4.79. The first-order valence-corrected chi connectivity index (χ1v) is 7.83. The first-order valence-electron chi connectivity index (χ1n) is 6.44. The molecular weight excluding hydrogens is 220 g/mol. The van der Waals surface area contributed by atoms with E-state index in [0.717, 1.165) is 32.3 Å². The van der Waals surface area contributed by atoms with Gasteiger partial charge < -0.3 is 10.1 Å². The number of nitrogens with zero attached hydrogens (tertiary/aromatic N) is 1. The van der Waals surface area contributed by atoms with Crippen molar-refractivity contribution in [3.63, 3.8) is 0 Å². The Hall–Kier alpha value is 0.230. The highest BCUT2D eigenvalue weighted by molar-refractivity contribution is 7.98. The molecule has 1 atom stereocenters. The van der Waals surface area contributed by atoms with Crippen molar-refractivity contribution in [2.24, 2.45) is 0 Å². The number of ether oxygens (including phenoxy) is 1. The summed E-state index contributed by atoms with van der Waals surface area (Å²) in [7, 11) is 0. The minimum atomic E-state index is 0.608. The Bertz CT molecular complexity index is 199. The molecule has 0 amide bonds. The molecule has 1 N–H and O–H groups in total. The third kappa shape index (κ3) is 4.24. The fraction of sp³-hybridized carbons (Fsp3) is 1.00. The lowest BCUT2D eigenvalue weighted by atomic mass is 10.2. The van der Waals surface area contributed by atoms with Crippen LogP contribution in [-0.2, 0) is 4.74 Å². The highest BCUT2D eigenvalue weighted by Crippen LogP contribution is 2.19. The predicted molar refractivity (Wildman–Crippen MR) is 70.2 cm³/mol. The Labute approximate surface area is 103 Å². The van der Waals surface area contributed by atoms with Crippen molar-refractivity contribution in [3.8, 4) is 0 Å². The summed E-state index contributed by atoms with van der Waals surface area (Å²) in [6.45, 7) is 5.30. The summed E-state index contributed by atoms with van der Waals surface area (Å²) in [6, 6.07) is 1.42. The number of thioether (sulfide) groups is 1. The van der Waals surface area contributed by atoms with Gasteiger partial charge in [0.15, 0.2) is 0 Å². The second kappa shape index (κ2) is 6.84. The van der Waals surface area contributed by atoms with Crippen molar-refractivity contribution in [3.05, 3.63) is 0 Å². The van der Waals surface area contributed by atoms with Crippen molar-refractivity contribution in [1.29, 1.82) is 0 Å². The zero-order chi connectivity index (χ0) is 11.2. The third-order valence-electron chi connectivity index (χ3n) is 3.36. The number of rotatable bonds is 7. The molecule has 3 nitrogen and oxygen atoms in total. The van der Waals surface area contributed by atoms with E-state index < -0.39 is 0 Å². The second-order valence-corrected chi connectivity index (χ2v) is 5.78. The van der Waals surface area contributed by atoms with E-state index in [9.17, 15) is 0 Å². The SMILES string of the molecule is CSCCCN1CCOCC1CNC1CC1. The van der Waals surface area contributed by atoms with Gasteiger partial charge in [-0.3, -0.25) is 4.90 Å². The van der Waals surface area contributed by atoms with Crippen molar-refractivity contribution in [2.75, 3.05) is 44.9 Å². The molecule has 94 valence electrons. The molecule has 1 aliphatic heterocycles. The number of nitrogens with one attached hydrogen (secondary N) is 1. The Morgan fingerprint density at radius 2 is 2.31 bits per heavy atom. The lowest BCUT2D eigenvalue weighted by Crippen LogP contribution is -2.51. The topological polar surface area (TPSA) is 24.5 Å². The molecule has 1 heterocycles. The molecule has 4 heteroatoms. The average Bonchev–Trinajstić information content (AvgIpc) is 3.12. The number of hydrogen-bond acceptors (Lipinski definition) is 4. The van der Waals surface area contributed by atoms with Gasteiger partial charge in [-0.05, 0) is 37.8 Å². The van der Waals surface area contributed by atoms with Crippen LogP contribution in [0.4, 0.5) is 0 Å². The van der Waals surface area contributed by atoms with Crippen LogP contribution < -0.4 is 5.32 Å². The predicted octanol–water partition coefficient (Wildman–Crippen LogP) is 1.19. The number of morpholine rings is 1. The maximum Gasteiger partial charge on any atom is 0.0634 e. The molecule has 1 saturated heterocycles. The van der Waals surface area contributed by atoms with E-state index in [-0.39, 0.29) is 0 Å². The van der Waals surface area contributed by atoms with Crippen molar-refractivity contribution in [1.82, 2.24) is 10.2 Å². The molecule has 0 bridgehead atoms. The molecule has 2 rings (SSSR count). The normalized spacial score (nSPS) is 27.2. The van der Waals surface area contributed by atoms with Crippen molar-refractivity contribution < 1.29 is 4.74 Å². The smallest absolute Gasteiger partial charge is 0.0634 e. The summed E-state index contributed by atoms with van der Waals surface area (Å²) in [5, 5.41) is 3.62. The van der Waals surface area contributed by atoms with Crippen molar-refractivity contribution in [2.45, 2.75) is 31.3 Å². The lowest BCUT2D eigenvalue weighted by Gasteiger charge is -2.35. The Morgan fingerprint density at radius 3 is 3.06 bits per heavy atom. The first kappa shape index (κ1) is 12.7. The van der Waals surface area contributed by atoms with E-state index in [2.05, 4.69) is 16.5 Å². The Balaban J connectivity index is 1.67. The minimum Gasteiger partial charge on any atom is -0.378 e.